The fourth-order valence-electron chi connectivity index (χ4n) is 3.37. The molecule has 150 valence electrons. The molecule has 0 fully saturated rings. The second-order valence-electron chi connectivity index (χ2n) is 6.74. The first-order valence-electron chi connectivity index (χ1n) is 9.17. The lowest BCUT2D eigenvalue weighted by atomic mass is 10.0. The number of aryl methyl sites for hydroxylation is 1. The molecule has 1 aliphatic rings. The molecule has 3 aromatic rings. The van der Waals surface area contributed by atoms with Crippen LogP contribution in [0.15, 0.2) is 74.6 Å². The molecule has 2 aromatic carbocycles. The van der Waals surface area contributed by atoms with E-state index >= 15 is 0 Å². The fourth-order valence-corrected chi connectivity index (χ4v) is 5.18. The summed E-state index contributed by atoms with van der Waals surface area (Å²) >= 11 is 3.33. The monoisotopic (exact) mass is 474 g/mol. The molecule has 0 atom stereocenters. The zero-order valence-electron chi connectivity index (χ0n) is 15.5. The van der Waals surface area contributed by atoms with Crippen LogP contribution in [0.4, 0.5) is 5.69 Å². The first kappa shape index (κ1) is 19.7. The van der Waals surface area contributed by atoms with Crippen LogP contribution in [0.1, 0.15) is 28.1 Å². The van der Waals surface area contributed by atoms with Crippen LogP contribution in [0, 0.1) is 0 Å². The van der Waals surface area contributed by atoms with Crippen LogP contribution in [-0.2, 0) is 23.0 Å². The number of hydrogen-bond donors (Lipinski definition) is 1. The van der Waals surface area contributed by atoms with Crippen molar-refractivity contribution in [2.45, 2.75) is 24.3 Å². The number of anilines is 1. The molecule has 8 heteroatoms. The number of carbonyl (C=O) groups is 1. The SMILES string of the molecule is O=C(NCc1ccco1)c1ccc2c(c1)CCCN2S(=O)(=O)c1ccc(Br)cc1. The number of furan rings is 1. The van der Waals surface area contributed by atoms with E-state index < -0.39 is 10.0 Å². The summed E-state index contributed by atoms with van der Waals surface area (Å²) in [6.45, 7) is 0.711. The Kier molecular flexibility index (Phi) is 5.47. The Bertz CT molecular complexity index is 1130. The maximum Gasteiger partial charge on any atom is 0.264 e. The second-order valence-corrected chi connectivity index (χ2v) is 9.52. The normalized spacial score (nSPS) is 13.8. The Morgan fingerprint density at radius 2 is 1.93 bits per heavy atom. The van der Waals surface area contributed by atoms with Gasteiger partial charge in [0.05, 0.1) is 23.4 Å². The predicted molar refractivity (Wildman–Crippen MR) is 113 cm³/mol. The summed E-state index contributed by atoms with van der Waals surface area (Å²) < 4.78 is 33.7. The zero-order valence-corrected chi connectivity index (χ0v) is 17.9. The Morgan fingerprint density at radius 1 is 1.14 bits per heavy atom. The van der Waals surface area contributed by atoms with E-state index in [0.29, 0.717) is 36.5 Å². The number of hydrogen-bond acceptors (Lipinski definition) is 4. The third kappa shape index (κ3) is 4.09. The van der Waals surface area contributed by atoms with Gasteiger partial charge in [-0.05, 0) is 73.0 Å². The lowest BCUT2D eigenvalue weighted by Crippen LogP contribution is -2.35. The fraction of sp³-hybridized carbons (Fsp3) is 0.190. The van der Waals surface area contributed by atoms with Crippen molar-refractivity contribution < 1.29 is 17.6 Å². The van der Waals surface area contributed by atoms with E-state index in [2.05, 4.69) is 21.2 Å². The van der Waals surface area contributed by atoms with E-state index in [4.69, 9.17) is 4.42 Å². The minimum atomic E-state index is -3.67. The van der Waals surface area contributed by atoms with Crippen molar-refractivity contribution in [1.82, 2.24) is 5.32 Å². The van der Waals surface area contributed by atoms with Crippen LogP contribution in [-0.4, -0.2) is 20.9 Å². The van der Waals surface area contributed by atoms with Crippen molar-refractivity contribution in [3.63, 3.8) is 0 Å². The summed E-state index contributed by atoms with van der Waals surface area (Å²) in [4.78, 5) is 12.7. The van der Waals surface area contributed by atoms with Gasteiger partial charge >= 0.3 is 0 Å². The van der Waals surface area contributed by atoms with E-state index in [1.807, 2.05) is 0 Å². The van der Waals surface area contributed by atoms with Gasteiger partial charge in [-0.1, -0.05) is 15.9 Å². The number of fused-ring (bicyclic) bond motifs is 1. The number of carbonyl (C=O) groups excluding carboxylic acids is 1. The molecular weight excluding hydrogens is 456 g/mol. The van der Waals surface area contributed by atoms with Crippen molar-refractivity contribution in [3.05, 3.63) is 82.2 Å². The summed E-state index contributed by atoms with van der Waals surface area (Å²) in [7, 11) is -3.67. The molecule has 0 unspecified atom stereocenters. The number of nitrogens with zero attached hydrogens (tertiary/aromatic N) is 1. The zero-order chi connectivity index (χ0) is 20.4. The molecule has 6 nitrogen and oxygen atoms in total. The molecule has 1 aromatic heterocycles. The largest absolute Gasteiger partial charge is 0.467 e. The molecule has 1 aliphatic heterocycles. The van der Waals surface area contributed by atoms with Crippen LogP contribution in [0.2, 0.25) is 0 Å². The first-order chi connectivity index (χ1) is 13.9. The number of sulfonamides is 1. The predicted octanol–water partition coefficient (Wildman–Crippen LogP) is 4.11. The number of nitrogens with one attached hydrogen (secondary N) is 1. The van der Waals surface area contributed by atoms with E-state index in [1.54, 1.807) is 60.9 Å². The van der Waals surface area contributed by atoms with Crippen molar-refractivity contribution in [2.75, 3.05) is 10.8 Å². The highest BCUT2D eigenvalue weighted by Gasteiger charge is 2.29. The number of rotatable bonds is 5. The second kappa shape index (κ2) is 8.04. The Balaban J connectivity index is 1.58. The van der Waals surface area contributed by atoms with Gasteiger partial charge in [0.1, 0.15) is 5.76 Å². The van der Waals surface area contributed by atoms with Crippen LogP contribution >= 0.6 is 15.9 Å². The summed E-state index contributed by atoms with van der Waals surface area (Å²) in [5, 5.41) is 2.81. The Labute approximate surface area is 177 Å². The van der Waals surface area contributed by atoms with Gasteiger partial charge in [0, 0.05) is 16.6 Å². The highest BCUT2D eigenvalue weighted by atomic mass is 79.9. The van der Waals surface area contributed by atoms with Gasteiger partial charge < -0.3 is 9.73 Å². The van der Waals surface area contributed by atoms with E-state index in [1.165, 1.54) is 4.31 Å². The van der Waals surface area contributed by atoms with E-state index in [-0.39, 0.29) is 10.8 Å². The molecule has 0 saturated carbocycles. The maximum absolute atomic E-state index is 13.1. The van der Waals surface area contributed by atoms with Crippen LogP contribution in [0.25, 0.3) is 0 Å². The molecule has 0 saturated heterocycles. The van der Waals surface area contributed by atoms with E-state index in [0.717, 1.165) is 16.5 Å². The number of benzene rings is 2. The molecule has 29 heavy (non-hydrogen) atoms. The average Bonchev–Trinajstić information content (AvgIpc) is 3.25. The van der Waals surface area contributed by atoms with Gasteiger partial charge in [0.25, 0.3) is 15.9 Å². The smallest absolute Gasteiger partial charge is 0.264 e. The number of amides is 1. The highest BCUT2D eigenvalue weighted by molar-refractivity contribution is 9.10. The lowest BCUT2D eigenvalue weighted by Gasteiger charge is -2.30. The van der Waals surface area contributed by atoms with Gasteiger partial charge in [-0.15, -0.1) is 0 Å². The molecule has 4 rings (SSSR count). The van der Waals surface area contributed by atoms with Crippen molar-refractivity contribution in [3.8, 4) is 0 Å². The maximum atomic E-state index is 13.1. The quantitative estimate of drug-likeness (QED) is 0.603. The molecule has 1 N–H and O–H groups in total. The third-order valence-electron chi connectivity index (χ3n) is 4.82. The molecular formula is C21H19BrN2O4S. The standard InChI is InChI=1S/C21H19BrN2O4S/c22-17-6-8-19(9-7-17)29(26,27)24-11-1-3-15-13-16(5-10-20(15)24)21(25)23-14-18-4-2-12-28-18/h2,4-10,12-13H,1,3,11,14H2,(H,23,25). The average molecular weight is 475 g/mol. The molecule has 1 amide bonds. The topological polar surface area (TPSA) is 79.6 Å². The first-order valence-corrected chi connectivity index (χ1v) is 11.4. The van der Waals surface area contributed by atoms with Crippen molar-refractivity contribution >= 4 is 37.5 Å². The van der Waals surface area contributed by atoms with Gasteiger partial charge in [-0.25, -0.2) is 8.42 Å². The molecule has 2 heterocycles. The van der Waals surface area contributed by atoms with Gasteiger partial charge in [0.2, 0.25) is 0 Å². The van der Waals surface area contributed by atoms with E-state index in [9.17, 15) is 13.2 Å². The molecule has 0 radical (unpaired) electrons. The van der Waals surface area contributed by atoms with Gasteiger partial charge in [-0.3, -0.25) is 9.10 Å². The van der Waals surface area contributed by atoms with Crippen molar-refractivity contribution in [2.24, 2.45) is 0 Å². The van der Waals surface area contributed by atoms with Crippen LogP contribution in [0.3, 0.4) is 0 Å². The molecule has 0 bridgehead atoms. The molecule has 0 spiro atoms. The third-order valence-corrected chi connectivity index (χ3v) is 7.18. The van der Waals surface area contributed by atoms with Gasteiger partial charge in [-0.2, -0.15) is 0 Å². The Hall–Kier alpha value is -2.58. The van der Waals surface area contributed by atoms with Crippen LogP contribution < -0.4 is 9.62 Å². The summed E-state index contributed by atoms with van der Waals surface area (Å²) in [5.41, 5.74) is 1.97. The minimum absolute atomic E-state index is 0.225. The highest BCUT2D eigenvalue weighted by Crippen LogP contribution is 2.33. The molecule has 0 aliphatic carbocycles. The summed E-state index contributed by atoms with van der Waals surface area (Å²) in [5.74, 6) is 0.445. The minimum Gasteiger partial charge on any atom is -0.467 e. The van der Waals surface area contributed by atoms with Gasteiger partial charge in [0.15, 0.2) is 0 Å². The van der Waals surface area contributed by atoms with Crippen molar-refractivity contribution in [1.29, 1.82) is 0 Å². The lowest BCUT2D eigenvalue weighted by molar-refractivity contribution is 0.0948. The Morgan fingerprint density at radius 3 is 2.66 bits per heavy atom. The number of halogens is 1. The summed E-state index contributed by atoms with van der Waals surface area (Å²) in [6, 6.07) is 15.3. The van der Waals surface area contributed by atoms with Crippen LogP contribution in [0.5, 0.6) is 0 Å². The summed E-state index contributed by atoms with van der Waals surface area (Å²) in [6.07, 6.45) is 2.97.